The minimum Gasteiger partial charge on any atom is -0.324 e. The number of ketones is 1. The molecule has 3 N–H and O–H groups in total. The van der Waals surface area contributed by atoms with Crippen LogP contribution in [0.1, 0.15) is 28.3 Å². The van der Waals surface area contributed by atoms with Crippen LogP contribution >= 0.6 is 23.2 Å². The number of nitrogens with two attached hydrogens (primary N) is 1. The number of halogens is 2. The van der Waals surface area contributed by atoms with Gasteiger partial charge in [-0.2, -0.15) is 0 Å². The predicted molar refractivity (Wildman–Crippen MR) is 94.6 cm³/mol. The molecule has 1 aliphatic rings. The molecule has 1 atom stereocenters. The number of carbonyl (C=O) groups is 2. The summed E-state index contributed by atoms with van der Waals surface area (Å²) in [4.78, 5) is 24.6. The van der Waals surface area contributed by atoms with E-state index in [0.29, 0.717) is 21.3 Å². The van der Waals surface area contributed by atoms with E-state index in [0.717, 1.165) is 0 Å². The van der Waals surface area contributed by atoms with Crippen LogP contribution < -0.4 is 10.5 Å². The van der Waals surface area contributed by atoms with Crippen molar-refractivity contribution in [3.8, 4) is 0 Å². The Labute approximate surface area is 154 Å². The quantitative estimate of drug-likeness (QED) is 0.771. The molecule has 1 unspecified atom stereocenters. The molecule has 0 saturated carbocycles. The van der Waals surface area contributed by atoms with Crippen LogP contribution in [0.5, 0.6) is 0 Å². The molecule has 3 rings (SSSR count). The third-order valence-electron chi connectivity index (χ3n) is 3.95. The molecule has 0 saturated heterocycles. The maximum absolute atomic E-state index is 12.5. The summed E-state index contributed by atoms with van der Waals surface area (Å²) >= 11 is 12.2. The molecule has 1 amide bonds. The maximum atomic E-state index is 12.5. The molecule has 9 heteroatoms. The molecule has 1 heterocycles. The van der Waals surface area contributed by atoms with Crippen molar-refractivity contribution in [2.24, 2.45) is 5.14 Å². The molecule has 6 nitrogen and oxygen atoms in total. The van der Waals surface area contributed by atoms with Crippen LogP contribution in [0.2, 0.25) is 10.0 Å². The second-order valence-electron chi connectivity index (χ2n) is 5.56. The third-order valence-corrected chi connectivity index (χ3v) is 5.52. The molecule has 0 aromatic heterocycles. The largest absolute Gasteiger partial charge is 0.324 e. The summed E-state index contributed by atoms with van der Waals surface area (Å²) < 4.78 is 22.5. The first-order valence-corrected chi connectivity index (χ1v) is 9.43. The predicted octanol–water partition coefficient (Wildman–Crippen LogP) is 2.95. The van der Waals surface area contributed by atoms with E-state index >= 15 is 0 Å². The van der Waals surface area contributed by atoms with Gasteiger partial charge >= 0.3 is 0 Å². The number of amides is 1. The van der Waals surface area contributed by atoms with Crippen LogP contribution in [0.3, 0.4) is 0 Å². The zero-order chi connectivity index (χ0) is 18.4. The monoisotopic (exact) mass is 398 g/mol. The second-order valence-corrected chi connectivity index (χ2v) is 7.93. The van der Waals surface area contributed by atoms with E-state index < -0.39 is 15.9 Å². The third kappa shape index (κ3) is 3.41. The zero-order valence-electron chi connectivity index (χ0n) is 12.6. The Balaban J connectivity index is 1.88. The lowest BCUT2D eigenvalue weighted by atomic mass is 9.92. The fraction of sp³-hybridized carbons (Fsp3) is 0.125. The lowest BCUT2D eigenvalue weighted by Gasteiger charge is -2.10. The van der Waals surface area contributed by atoms with Crippen LogP contribution in [-0.4, -0.2) is 20.1 Å². The first-order valence-electron chi connectivity index (χ1n) is 7.13. The van der Waals surface area contributed by atoms with Gasteiger partial charge in [-0.05, 0) is 24.3 Å². The van der Waals surface area contributed by atoms with Crippen LogP contribution in [-0.2, 0) is 14.8 Å². The minimum atomic E-state index is -3.83. The Hall–Kier alpha value is -1.93. The SMILES string of the molecule is NS(=O)(=O)c1ccc(C(=O)CC2C(=O)Nc3c(Cl)ccc(Cl)c32)cc1. The van der Waals surface area contributed by atoms with Gasteiger partial charge in [-0.25, -0.2) is 13.6 Å². The molecular weight excluding hydrogens is 387 g/mol. The molecule has 0 aliphatic carbocycles. The highest BCUT2D eigenvalue weighted by Crippen LogP contribution is 2.43. The van der Waals surface area contributed by atoms with E-state index in [1.165, 1.54) is 24.3 Å². The number of hydrogen-bond donors (Lipinski definition) is 2. The van der Waals surface area contributed by atoms with Gasteiger partial charge in [-0.3, -0.25) is 9.59 Å². The van der Waals surface area contributed by atoms with Crippen molar-refractivity contribution in [3.63, 3.8) is 0 Å². The van der Waals surface area contributed by atoms with E-state index in [-0.39, 0.29) is 28.6 Å². The van der Waals surface area contributed by atoms with Gasteiger partial charge in [0.15, 0.2) is 5.78 Å². The van der Waals surface area contributed by atoms with E-state index in [2.05, 4.69) is 5.32 Å². The van der Waals surface area contributed by atoms with Gasteiger partial charge < -0.3 is 5.32 Å². The summed E-state index contributed by atoms with van der Waals surface area (Å²) in [5.41, 5.74) is 1.18. The van der Waals surface area contributed by atoms with Gasteiger partial charge in [0.2, 0.25) is 15.9 Å². The topological polar surface area (TPSA) is 106 Å². The van der Waals surface area contributed by atoms with Crippen molar-refractivity contribution in [1.82, 2.24) is 0 Å². The number of primary sulfonamides is 1. The number of hydrogen-bond acceptors (Lipinski definition) is 4. The first kappa shape index (κ1) is 17.9. The number of sulfonamides is 1. The van der Waals surface area contributed by atoms with Gasteiger partial charge in [-0.1, -0.05) is 35.3 Å². The number of rotatable bonds is 4. The van der Waals surface area contributed by atoms with Crippen LogP contribution in [0.4, 0.5) is 5.69 Å². The minimum absolute atomic E-state index is 0.0946. The molecule has 1 aliphatic heterocycles. The first-order chi connectivity index (χ1) is 11.7. The Kier molecular flexibility index (Phi) is 4.59. The Morgan fingerprint density at radius 2 is 1.68 bits per heavy atom. The van der Waals surface area contributed by atoms with E-state index in [9.17, 15) is 18.0 Å². The molecule has 0 spiro atoms. The number of carbonyl (C=O) groups excluding carboxylic acids is 2. The standard InChI is InChI=1S/C16H12Cl2N2O4S/c17-11-5-6-12(18)15-14(11)10(16(22)20-15)7-13(21)8-1-3-9(4-2-8)25(19,23)24/h1-6,10H,7H2,(H,20,22)(H2,19,23,24). The highest BCUT2D eigenvalue weighted by Gasteiger charge is 2.35. The van der Waals surface area contributed by atoms with Crippen LogP contribution in [0.15, 0.2) is 41.3 Å². The van der Waals surface area contributed by atoms with Crippen molar-refractivity contribution < 1.29 is 18.0 Å². The van der Waals surface area contributed by atoms with E-state index in [4.69, 9.17) is 28.3 Å². The molecule has 25 heavy (non-hydrogen) atoms. The van der Waals surface area contributed by atoms with Gasteiger partial charge in [0.1, 0.15) is 0 Å². The van der Waals surface area contributed by atoms with Crippen molar-refractivity contribution >= 4 is 50.6 Å². The van der Waals surface area contributed by atoms with Crippen molar-refractivity contribution in [2.75, 3.05) is 5.32 Å². The molecule has 0 bridgehead atoms. The average Bonchev–Trinajstić information content (AvgIpc) is 2.88. The highest BCUT2D eigenvalue weighted by atomic mass is 35.5. The average molecular weight is 399 g/mol. The zero-order valence-corrected chi connectivity index (χ0v) is 15.0. The van der Waals surface area contributed by atoms with Crippen molar-refractivity contribution in [2.45, 2.75) is 17.2 Å². The molecule has 0 fully saturated rings. The van der Waals surface area contributed by atoms with Crippen molar-refractivity contribution in [1.29, 1.82) is 0 Å². The molecule has 130 valence electrons. The summed E-state index contributed by atoms with van der Waals surface area (Å²) in [5.74, 6) is -1.45. The van der Waals surface area contributed by atoms with Gasteiger partial charge in [0.25, 0.3) is 0 Å². The normalized spacial score (nSPS) is 16.4. The Morgan fingerprint density at radius 3 is 2.28 bits per heavy atom. The van der Waals surface area contributed by atoms with Gasteiger partial charge in [0, 0.05) is 22.6 Å². The Morgan fingerprint density at radius 1 is 1.08 bits per heavy atom. The van der Waals surface area contributed by atoms with Crippen molar-refractivity contribution in [3.05, 3.63) is 57.6 Å². The number of fused-ring (bicyclic) bond motifs is 1. The fourth-order valence-corrected chi connectivity index (χ4v) is 3.72. The molecule has 2 aromatic rings. The Bertz CT molecular complexity index is 988. The fourth-order valence-electron chi connectivity index (χ4n) is 2.71. The number of benzene rings is 2. The van der Waals surface area contributed by atoms with Crippen LogP contribution in [0, 0.1) is 0 Å². The summed E-state index contributed by atoms with van der Waals surface area (Å²) in [6.07, 6.45) is -0.117. The summed E-state index contributed by atoms with van der Waals surface area (Å²) in [7, 11) is -3.83. The van der Waals surface area contributed by atoms with Gasteiger partial charge in [0.05, 0.1) is 21.5 Å². The lowest BCUT2D eigenvalue weighted by molar-refractivity contribution is -0.117. The second kappa shape index (κ2) is 6.42. The lowest BCUT2D eigenvalue weighted by Crippen LogP contribution is -2.16. The summed E-state index contributed by atoms with van der Waals surface area (Å²) in [6, 6.07) is 8.34. The maximum Gasteiger partial charge on any atom is 0.238 e. The molecular formula is C16H12Cl2N2O4S. The summed E-state index contributed by atoms with van der Waals surface area (Å²) in [5, 5.41) is 8.36. The molecule has 2 aromatic carbocycles. The van der Waals surface area contributed by atoms with Crippen LogP contribution in [0.25, 0.3) is 0 Å². The van der Waals surface area contributed by atoms with E-state index in [1.54, 1.807) is 12.1 Å². The van der Waals surface area contributed by atoms with Gasteiger partial charge in [-0.15, -0.1) is 0 Å². The summed E-state index contributed by atoms with van der Waals surface area (Å²) in [6.45, 7) is 0. The van der Waals surface area contributed by atoms with E-state index in [1.807, 2.05) is 0 Å². The number of nitrogens with one attached hydrogen (secondary N) is 1. The number of Topliss-reactive ketones (excluding diaryl/α,β-unsaturated/α-hetero) is 1. The number of anilines is 1. The highest BCUT2D eigenvalue weighted by molar-refractivity contribution is 7.89. The smallest absolute Gasteiger partial charge is 0.238 e. The molecule has 0 radical (unpaired) electrons.